The standard InChI is InChI=1S/C34H43NO3.C3H6N/c1-5-8-10-13-19-37-34(36)33(23-35)30-18-17-29(20-25(4)38-24-26(7-3)14-9-6-2)31-21-27-15-11-12-16-28(27)22-32(30)31;1-3-4-2/h11-12,15-18,20-22,25-26H,5-10,13-14,19,24H2,1-4H3;1-2H3/q;+1/b29-20+,33-30-;. The van der Waals surface area contributed by atoms with E-state index < -0.39 is 5.97 Å². The van der Waals surface area contributed by atoms with E-state index in [-0.39, 0.29) is 11.7 Å². The van der Waals surface area contributed by atoms with Crippen molar-refractivity contribution in [2.75, 3.05) is 20.3 Å². The van der Waals surface area contributed by atoms with Crippen molar-refractivity contribution in [3.8, 4) is 12.1 Å². The van der Waals surface area contributed by atoms with Crippen molar-refractivity contribution in [1.29, 1.82) is 5.26 Å². The molecule has 224 valence electrons. The highest BCUT2D eigenvalue weighted by atomic mass is 16.5. The summed E-state index contributed by atoms with van der Waals surface area (Å²) >= 11 is 0. The van der Waals surface area contributed by atoms with E-state index in [0.717, 1.165) is 65.5 Å². The van der Waals surface area contributed by atoms with Gasteiger partial charge >= 0.3 is 5.97 Å². The Kier molecular flexibility index (Phi) is 16.0. The number of fused-ring (bicyclic) bond motifs is 2. The average Bonchev–Trinajstić information content (AvgIpc) is 3.01. The summed E-state index contributed by atoms with van der Waals surface area (Å²) in [4.78, 5) is 16.4. The number of nitrogens with zero attached hydrogens (tertiary/aromatic N) is 2. The first-order chi connectivity index (χ1) is 20.4. The smallest absolute Gasteiger partial charge is 0.349 e. The zero-order valence-electron chi connectivity index (χ0n) is 26.5. The normalized spacial score (nSPS) is 13.3. The molecule has 2 atom stereocenters. The number of carbonyl (C=O) groups is 1. The van der Waals surface area contributed by atoms with Gasteiger partial charge < -0.3 is 9.47 Å². The zero-order chi connectivity index (χ0) is 30.7. The highest BCUT2D eigenvalue weighted by molar-refractivity contribution is 6.17. The summed E-state index contributed by atoms with van der Waals surface area (Å²) in [6.45, 7) is 11.5. The number of rotatable bonds is 14. The average molecular weight is 570 g/mol. The Morgan fingerprint density at radius 2 is 1.64 bits per heavy atom. The number of unbranched alkanes of at least 4 members (excludes halogenated alkanes) is 4. The fourth-order valence-corrected chi connectivity index (χ4v) is 4.89. The maximum absolute atomic E-state index is 12.9. The largest absolute Gasteiger partial charge is 0.462 e. The SMILES string of the molecule is CC#[N+]C.CCCCCCOC(=O)/C(C#N)=c1/cc/c(=C\C(C)OCC(CC)CCCC)c2cc3ccccc3cc12. The third-order valence-corrected chi connectivity index (χ3v) is 7.51. The Labute approximate surface area is 252 Å². The minimum absolute atomic E-state index is 0.0540. The summed E-state index contributed by atoms with van der Waals surface area (Å²) in [6.07, 6.45) is 10.9. The van der Waals surface area contributed by atoms with E-state index in [2.05, 4.69) is 75.0 Å². The van der Waals surface area contributed by atoms with Gasteiger partial charge in [0.15, 0.2) is 0 Å². The van der Waals surface area contributed by atoms with Crippen LogP contribution in [0.4, 0.5) is 0 Å². The zero-order valence-corrected chi connectivity index (χ0v) is 26.5. The summed E-state index contributed by atoms with van der Waals surface area (Å²) in [5.74, 6) is 0.0270. The molecule has 0 bridgehead atoms. The van der Waals surface area contributed by atoms with Crippen molar-refractivity contribution in [3.63, 3.8) is 0 Å². The van der Waals surface area contributed by atoms with Crippen LogP contribution in [-0.4, -0.2) is 32.3 Å². The van der Waals surface area contributed by atoms with Crippen LogP contribution in [0.5, 0.6) is 0 Å². The van der Waals surface area contributed by atoms with Crippen molar-refractivity contribution >= 4 is 39.2 Å². The maximum Gasteiger partial charge on any atom is 0.349 e. The molecular formula is C37H49N2O3+. The van der Waals surface area contributed by atoms with Gasteiger partial charge in [0.25, 0.3) is 13.1 Å². The molecule has 0 heterocycles. The van der Waals surface area contributed by atoms with Crippen molar-refractivity contribution in [1.82, 2.24) is 0 Å². The summed E-state index contributed by atoms with van der Waals surface area (Å²) < 4.78 is 11.7. The molecule has 3 aromatic carbocycles. The molecule has 0 N–H and O–H groups in total. The molecule has 3 aromatic rings. The summed E-state index contributed by atoms with van der Waals surface area (Å²) in [7, 11) is 1.69. The molecule has 0 aliphatic heterocycles. The molecule has 42 heavy (non-hydrogen) atoms. The predicted octanol–water partition coefficient (Wildman–Crippen LogP) is 8.16. The van der Waals surface area contributed by atoms with Crippen LogP contribution in [0.15, 0.2) is 48.5 Å². The lowest BCUT2D eigenvalue weighted by Gasteiger charge is -2.17. The van der Waals surface area contributed by atoms with Gasteiger partial charge in [0.2, 0.25) is 0 Å². The topological polar surface area (TPSA) is 63.7 Å². The van der Waals surface area contributed by atoms with Crippen LogP contribution in [0.2, 0.25) is 0 Å². The Hall–Kier alpha value is -3.67. The fraction of sp³-hybridized carbons (Fsp3) is 0.486. The van der Waals surface area contributed by atoms with Gasteiger partial charge in [-0.15, -0.1) is 0 Å². The first-order valence-electron chi connectivity index (χ1n) is 15.6. The number of benzene rings is 3. The van der Waals surface area contributed by atoms with Gasteiger partial charge in [0, 0.05) is 5.22 Å². The van der Waals surface area contributed by atoms with Crippen LogP contribution < -0.4 is 10.4 Å². The molecule has 0 saturated carbocycles. The molecule has 0 amide bonds. The molecular weight excluding hydrogens is 520 g/mol. The van der Waals surface area contributed by atoms with Crippen LogP contribution in [0.3, 0.4) is 0 Å². The molecule has 0 radical (unpaired) electrons. The van der Waals surface area contributed by atoms with Crippen LogP contribution in [0, 0.1) is 23.3 Å². The summed E-state index contributed by atoms with van der Waals surface area (Å²) in [5, 5.41) is 15.7. The van der Waals surface area contributed by atoms with E-state index in [9.17, 15) is 10.1 Å². The summed E-state index contributed by atoms with van der Waals surface area (Å²) in [5.41, 5.74) is 0.0540. The summed E-state index contributed by atoms with van der Waals surface area (Å²) in [6, 6.07) is 21.0. The van der Waals surface area contributed by atoms with E-state index >= 15 is 0 Å². The second-order valence-corrected chi connectivity index (χ2v) is 10.7. The van der Waals surface area contributed by atoms with E-state index in [1.54, 1.807) is 14.0 Å². The lowest BCUT2D eigenvalue weighted by Crippen LogP contribution is -2.21. The number of ether oxygens (including phenoxy) is 2. The van der Waals surface area contributed by atoms with E-state index in [0.29, 0.717) is 17.7 Å². The molecule has 3 rings (SSSR count). The van der Waals surface area contributed by atoms with Gasteiger partial charge in [0.1, 0.15) is 11.6 Å². The quantitative estimate of drug-likeness (QED) is 0.112. The number of carbonyl (C=O) groups excluding carboxylic acids is 1. The number of nitriles is 1. The number of hydrogen-bond acceptors (Lipinski definition) is 4. The lowest BCUT2D eigenvalue weighted by atomic mass is 9.98. The Morgan fingerprint density at radius 1 is 0.976 bits per heavy atom. The van der Waals surface area contributed by atoms with Gasteiger partial charge in [-0.1, -0.05) is 101 Å². The minimum Gasteiger partial charge on any atom is -0.462 e. The monoisotopic (exact) mass is 569 g/mol. The molecule has 0 saturated heterocycles. The second-order valence-electron chi connectivity index (χ2n) is 10.7. The minimum atomic E-state index is -0.551. The Bertz CT molecular complexity index is 1500. The van der Waals surface area contributed by atoms with Crippen molar-refractivity contribution < 1.29 is 14.3 Å². The van der Waals surface area contributed by atoms with E-state index in [1.165, 1.54) is 19.3 Å². The number of esters is 1. The third-order valence-electron chi connectivity index (χ3n) is 7.51. The van der Waals surface area contributed by atoms with Gasteiger partial charge in [-0.3, -0.25) is 0 Å². The van der Waals surface area contributed by atoms with Gasteiger partial charge in [-0.25, -0.2) is 4.79 Å². The molecule has 5 heteroatoms. The van der Waals surface area contributed by atoms with Crippen LogP contribution in [-0.2, 0) is 14.3 Å². The first kappa shape index (κ1) is 34.5. The maximum atomic E-state index is 12.9. The van der Waals surface area contributed by atoms with Crippen LogP contribution in [0.25, 0.3) is 38.0 Å². The van der Waals surface area contributed by atoms with E-state index in [1.807, 2.05) is 24.3 Å². The van der Waals surface area contributed by atoms with Crippen molar-refractivity contribution in [3.05, 3.63) is 63.8 Å². The van der Waals surface area contributed by atoms with Crippen LogP contribution >= 0.6 is 0 Å². The molecule has 0 aliphatic carbocycles. The first-order valence-corrected chi connectivity index (χ1v) is 15.6. The van der Waals surface area contributed by atoms with Gasteiger partial charge in [-0.2, -0.15) is 5.26 Å². The van der Waals surface area contributed by atoms with E-state index in [4.69, 9.17) is 9.47 Å². The molecule has 0 fully saturated rings. The molecule has 5 nitrogen and oxygen atoms in total. The highest BCUT2D eigenvalue weighted by Crippen LogP contribution is 2.20. The highest BCUT2D eigenvalue weighted by Gasteiger charge is 2.15. The van der Waals surface area contributed by atoms with Gasteiger partial charge in [0.05, 0.1) is 26.2 Å². The predicted molar refractivity (Wildman–Crippen MR) is 177 cm³/mol. The van der Waals surface area contributed by atoms with Crippen molar-refractivity contribution in [2.45, 2.75) is 92.1 Å². The molecule has 2 unspecified atom stereocenters. The number of hydrogen-bond donors (Lipinski definition) is 0. The molecule has 0 aliphatic rings. The molecule has 0 spiro atoms. The van der Waals surface area contributed by atoms with Gasteiger partial charge in [-0.05, 0) is 70.7 Å². The Morgan fingerprint density at radius 3 is 2.24 bits per heavy atom. The van der Waals surface area contributed by atoms with Crippen LogP contribution in [0.1, 0.15) is 86.0 Å². The lowest BCUT2D eigenvalue weighted by molar-refractivity contribution is -0.136. The Balaban J connectivity index is 0.00000144. The molecule has 0 aromatic heterocycles. The third kappa shape index (κ3) is 10.6. The van der Waals surface area contributed by atoms with Crippen molar-refractivity contribution in [2.24, 2.45) is 5.92 Å². The second kappa shape index (κ2) is 19.5. The fourth-order valence-electron chi connectivity index (χ4n) is 4.89.